The molecule has 2 aromatic carbocycles. The van der Waals surface area contributed by atoms with E-state index in [2.05, 4.69) is 5.10 Å². The van der Waals surface area contributed by atoms with Gasteiger partial charge in [0, 0.05) is 0 Å². The third-order valence-electron chi connectivity index (χ3n) is 3.56. The van der Waals surface area contributed by atoms with E-state index < -0.39 is 33.4 Å². The zero-order valence-corrected chi connectivity index (χ0v) is 14.3. The number of amides is 1. The van der Waals surface area contributed by atoms with Crippen molar-refractivity contribution in [2.75, 3.05) is 0 Å². The van der Waals surface area contributed by atoms with Gasteiger partial charge in [0.2, 0.25) is 0 Å². The van der Waals surface area contributed by atoms with Crippen molar-refractivity contribution >= 4 is 15.9 Å². The number of nitrogens with zero attached hydrogens (tertiary/aromatic N) is 2. The molecule has 0 aliphatic heterocycles. The topological polar surface area (TPSA) is 81.1 Å². The van der Waals surface area contributed by atoms with Crippen LogP contribution in [0.4, 0.5) is 13.2 Å². The number of sulfonamides is 1. The Balaban J connectivity index is 2.02. The molecule has 3 aromatic rings. The van der Waals surface area contributed by atoms with Gasteiger partial charge in [-0.25, -0.2) is 17.8 Å². The summed E-state index contributed by atoms with van der Waals surface area (Å²) in [6.07, 6.45) is -4.25. The Morgan fingerprint density at radius 1 is 0.963 bits per heavy atom. The minimum absolute atomic E-state index is 0.0785. The van der Waals surface area contributed by atoms with E-state index in [4.69, 9.17) is 0 Å². The van der Waals surface area contributed by atoms with Gasteiger partial charge in [0.05, 0.1) is 22.3 Å². The Kier molecular flexibility index (Phi) is 4.75. The van der Waals surface area contributed by atoms with Crippen LogP contribution in [0.15, 0.2) is 71.8 Å². The van der Waals surface area contributed by atoms with E-state index in [1.807, 2.05) is 0 Å². The van der Waals surface area contributed by atoms with Gasteiger partial charge in [0.1, 0.15) is 0 Å². The van der Waals surface area contributed by atoms with E-state index in [9.17, 15) is 26.4 Å². The smallest absolute Gasteiger partial charge is 0.268 e. The SMILES string of the molecule is O=C(NS(=O)(=O)c1ccccc1)c1cnn(-c2ccccc2)c1C(F)(F)F. The minimum atomic E-state index is -4.93. The molecule has 3 rings (SSSR count). The van der Waals surface area contributed by atoms with Gasteiger partial charge in [-0.05, 0) is 24.3 Å². The highest BCUT2D eigenvalue weighted by Gasteiger charge is 2.41. The Morgan fingerprint density at radius 3 is 2.07 bits per heavy atom. The summed E-state index contributed by atoms with van der Waals surface area (Å²) in [5, 5.41) is 3.62. The third kappa shape index (κ3) is 3.85. The van der Waals surface area contributed by atoms with Gasteiger partial charge in [-0.15, -0.1) is 0 Å². The van der Waals surface area contributed by atoms with Crippen molar-refractivity contribution in [1.29, 1.82) is 0 Å². The average molecular weight is 395 g/mol. The minimum Gasteiger partial charge on any atom is -0.268 e. The highest BCUT2D eigenvalue weighted by Crippen LogP contribution is 2.33. The number of aromatic nitrogens is 2. The summed E-state index contributed by atoms with van der Waals surface area (Å²) < 4.78 is 67.3. The van der Waals surface area contributed by atoms with Crippen LogP contribution in [0, 0.1) is 0 Å². The monoisotopic (exact) mass is 395 g/mol. The molecule has 1 heterocycles. The maximum Gasteiger partial charge on any atom is 0.434 e. The van der Waals surface area contributed by atoms with Crippen LogP contribution < -0.4 is 4.72 Å². The molecule has 1 aromatic heterocycles. The predicted molar refractivity (Wildman–Crippen MR) is 89.7 cm³/mol. The lowest BCUT2D eigenvalue weighted by atomic mass is 10.2. The van der Waals surface area contributed by atoms with Gasteiger partial charge in [-0.2, -0.15) is 18.3 Å². The molecule has 0 bridgehead atoms. The largest absolute Gasteiger partial charge is 0.434 e. The predicted octanol–water partition coefficient (Wildman–Crippen LogP) is 3.01. The first-order chi connectivity index (χ1) is 12.7. The maximum absolute atomic E-state index is 13.6. The molecule has 0 saturated carbocycles. The highest BCUT2D eigenvalue weighted by atomic mass is 32.2. The first-order valence-electron chi connectivity index (χ1n) is 7.53. The van der Waals surface area contributed by atoms with Crippen molar-refractivity contribution in [3.8, 4) is 5.69 Å². The highest BCUT2D eigenvalue weighted by molar-refractivity contribution is 7.90. The van der Waals surface area contributed by atoms with Gasteiger partial charge < -0.3 is 0 Å². The van der Waals surface area contributed by atoms with E-state index in [0.717, 1.165) is 0 Å². The second kappa shape index (κ2) is 6.88. The molecular formula is C17H12F3N3O3S. The molecule has 0 aliphatic rings. The fraction of sp³-hybridized carbons (Fsp3) is 0.0588. The fourth-order valence-corrected chi connectivity index (χ4v) is 3.38. The van der Waals surface area contributed by atoms with Crippen molar-refractivity contribution in [3.63, 3.8) is 0 Å². The summed E-state index contributed by atoms with van der Waals surface area (Å²) in [4.78, 5) is 12.1. The number of rotatable bonds is 4. The second-order valence-electron chi connectivity index (χ2n) is 5.40. The summed E-state index contributed by atoms with van der Waals surface area (Å²) in [7, 11) is -4.33. The molecule has 0 atom stereocenters. The Bertz CT molecular complexity index is 1060. The quantitative estimate of drug-likeness (QED) is 0.736. The lowest BCUT2D eigenvalue weighted by Gasteiger charge is -2.13. The zero-order chi connectivity index (χ0) is 19.7. The third-order valence-corrected chi connectivity index (χ3v) is 4.91. The number of carbonyl (C=O) groups excluding carboxylic acids is 1. The molecule has 6 nitrogen and oxygen atoms in total. The molecule has 0 saturated heterocycles. The summed E-state index contributed by atoms with van der Waals surface area (Å²) >= 11 is 0. The van der Waals surface area contributed by atoms with Gasteiger partial charge >= 0.3 is 6.18 Å². The standard InChI is InChI=1S/C17H12F3N3O3S/c18-17(19,20)15-14(11-21-23(15)12-7-3-1-4-8-12)16(24)22-27(25,26)13-9-5-2-6-10-13/h1-11H,(H,22,24). The molecule has 1 N–H and O–H groups in total. The Hall–Kier alpha value is -3.14. The molecule has 140 valence electrons. The number of alkyl halides is 3. The Morgan fingerprint density at radius 2 is 1.52 bits per heavy atom. The van der Waals surface area contributed by atoms with Crippen molar-refractivity contribution in [2.24, 2.45) is 0 Å². The summed E-state index contributed by atoms with van der Waals surface area (Å²) in [5.41, 5.74) is -2.19. The molecule has 1 amide bonds. The van der Waals surface area contributed by atoms with E-state index in [1.54, 1.807) is 16.9 Å². The van der Waals surface area contributed by atoms with Crippen LogP contribution in [0.25, 0.3) is 5.69 Å². The van der Waals surface area contributed by atoms with Gasteiger partial charge in [0.25, 0.3) is 15.9 Å². The van der Waals surface area contributed by atoms with Crippen LogP contribution in [0.3, 0.4) is 0 Å². The number of hydrogen-bond donors (Lipinski definition) is 1. The summed E-state index contributed by atoms with van der Waals surface area (Å²) in [6.45, 7) is 0. The van der Waals surface area contributed by atoms with Crippen molar-refractivity contribution < 1.29 is 26.4 Å². The van der Waals surface area contributed by atoms with Crippen LogP contribution >= 0.6 is 0 Å². The molecule has 10 heteroatoms. The van der Waals surface area contributed by atoms with Crippen LogP contribution in [-0.4, -0.2) is 24.1 Å². The first kappa shape index (κ1) is 18.6. The van der Waals surface area contributed by atoms with Crippen molar-refractivity contribution in [2.45, 2.75) is 11.1 Å². The molecule has 27 heavy (non-hydrogen) atoms. The summed E-state index contributed by atoms with van der Waals surface area (Å²) in [6, 6.07) is 14.2. The second-order valence-corrected chi connectivity index (χ2v) is 7.08. The molecule has 0 spiro atoms. The first-order valence-corrected chi connectivity index (χ1v) is 9.01. The molecule has 0 aliphatic carbocycles. The molecule has 0 fully saturated rings. The van der Waals surface area contributed by atoms with E-state index in [-0.39, 0.29) is 10.6 Å². The van der Waals surface area contributed by atoms with Gasteiger partial charge in [-0.3, -0.25) is 4.79 Å². The van der Waals surface area contributed by atoms with E-state index in [1.165, 1.54) is 48.5 Å². The number of halogens is 3. The normalized spacial score (nSPS) is 12.0. The number of carbonyl (C=O) groups is 1. The number of para-hydroxylation sites is 1. The van der Waals surface area contributed by atoms with Crippen molar-refractivity contribution in [1.82, 2.24) is 14.5 Å². The summed E-state index contributed by atoms with van der Waals surface area (Å²) in [5.74, 6) is -1.42. The fourth-order valence-electron chi connectivity index (χ4n) is 2.39. The van der Waals surface area contributed by atoms with Crippen LogP contribution in [0.2, 0.25) is 0 Å². The molecular weight excluding hydrogens is 383 g/mol. The Labute approximate surface area is 152 Å². The van der Waals surface area contributed by atoms with Crippen molar-refractivity contribution in [3.05, 3.63) is 78.1 Å². The van der Waals surface area contributed by atoms with Crippen LogP contribution in [0.5, 0.6) is 0 Å². The van der Waals surface area contributed by atoms with Gasteiger partial charge in [-0.1, -0.05) is 36.4 Å². The number of hydrogen-bond acceptors (Lipinski definition) is 4. The van der Waals surface area contributed by atoms with E-state index in [0.29, 0.717) is 10.9 Å². The van der Waals surface area contributed by atoms with Gasteiger partial charge in [0.15, 0.2) is 5.69 Å². The zero-order valence-electron chi connectivity index (χ0n) is 13.5. The average Bonchev–Trinajstić information content (AvgIpc) is 3.09. The lowest BCUT2D eigenvalue weighted by molar-refractivity contribution is -0.143. The van der Waals surface area contributed by atoms with Crippen LogP contribution in [-0.2, 0) is 16.2 Å². The van der Waals surface area contributed by atoms with E-state index >= 15 is 0 Å². The maximum atomic E-state index is 13.6. The van der Waals surface area contributed by atoms with Crippen LogP contribution in [0.1, 0.15) is 16.1 Å². The molecule has 0 unspecified atom stereocenters. The lowest BCUT2D eigenvalue weighted by Crippen LogP contribution is -2.32. The molecule has 0 radical (unpaired) electrons. The number of benzene rings is 2. The number of nitrogens with one attached hydrogen (secondary N) is 1.